The minimum absolute atomic E-state index is 0.0720. The monoisotopic (exact) mass is 458 g/mol. The molecular formula is C27H26N2O5. The molecule has 7 heteroatoms. The van der Waals surface area contributed by atoms with Crippen LogP contribution in [0.5, 0.6) is 0 Å². The Hall–Kier alpha value is -4.13. The highest BCUT2D eigenvalue weighted by atomic mass is 16.5. The Balaban J connectivity index is 1.40. The summed E-state index contributed by atoms with van der Waals surface area (Å²) in [7, 11) is 0. The number of carboxylic acid groups (broad SMARTS) is 1. The number of benzene rings is 3. The number of fused-ring (bicyclic) bond motifs is 3. The molecule has 0 saturated carbocycles. The van der Waals surface area contributed by atoms with Gasteiger partial charge in [0.25, 0.3) is 0 Å². The molecule has 0 aromatic heterocycles. The number of nitrogens with one attached hydrogen (secondary N) is 2. The molecular weight excluding hydrogens is 432 g/mol. The van der Waals surface area contributed by atoms with Crippen molar-refractivity contribution in [2.45, 2.75) is 25.8 Å². The van der Waals surface area contributed by atoms with Crippen molar-refractivity contribution >= 4 is 23.7 Å². The highest BCUT2D eigenvalue weighted by molar-refractivity contribution is 5.97. The van der Waals surface area contributed by atoms with Gasteiger partial charge in [0.1, 0.15) is 12.6 Å². The van der Waals surface area contributed by atoms with E-state index in [9.17, 15) is 14.4 Å². The second-order valence-electron chi connectivity index (χ2n) is 8.56. The number of anilines is 1. The molecule has 1 aliphatic rings. The Morgan fingerprint density at radius 3 is 1.97 bits per heavy atom. The van der Waals surface area contributed by atoms with Gasteiger partial charge in [-0.05, 0) is 52.4 Å². The minimum Gasteiger partial charge on any atom is -0.478 e. The highest BCUT2D eigenvalue weighted by Gasteiger charge is 2.30. The Morgan fingerprint density at radius 2 is 1.44 bits per heavy atom. The lowest BCUT2D eigenvalue weighted by atomic mass is 9.98. The molecule has 0 fully saturated rings. The minimum atomic E-state index is -1.05. The largest absolute Gasteiger partial charge is 0.478 e. The van der Waals surface area contributed by atoms with Crippen LogP contribution in [0.4, 0.5) is 10.5 Å². The molecule has 3 aromatic rings. The lowest BCUT2D eigenvalue weighted by molar-refractivity contribution is -0.119. The summed E-state index contributed by atoms with van der Waals surface area (Å²) in [5.41, 5.74) is 5.06. The third kappa shape index (κ3) is 4.78. The average Bonchev–Trinajstić information content (AvgIpc) is 3.15. The molecule has 3 aromatic carbocycles. The molecule has 0 bridgehead atoms. The highest BCUT2D eigenvalue weighted by Crippen LogP contribution is 2.44. The quantitative estimate of drug-likeness (QED) is 0.468. The van der Waals surface area contributed by atoms with Crippen molar-refractivity contribution in [3.05, 3.63) is 89.5 Å². The normalized spacial score (nSPS) is 13.0. The number of rotatable bonds is 7. The van der Waals surface area contributed by atoms with Crippen LogP contribution in [0.3, 0.4) is 0 Å². The van der Waals surface area contributed by atoms with E-state index in [-0.39, 0.29) is 24.0 Å². The summed E-state index contributed by atoms with van der Waals surface area (Å²) in [6.45, 7) is 3.80. The van der Waals surface area contributed by atoms with Crippen LogP contribution < -0.4 is 10.6 Å². The van der Waals surface area contributed by atoms with E-state index in [1.54, 1.807) is 0 Å². The third-order valence-corrected chi connectivity index (χ3v) is 5.97. The summed E-state index contributed by atoms with van der Waals surface area (Å²) in [5.74, 6) is -1.72. The number of hydrogen-bond acceptors (Lipinski definition) is 4. The van der Waals surface area contributed by atoms with E-state index in [4.69, 9.17) is 9.84 Å². The summed E-state index contributed by atoms with van der Waals surface area (Å²) >= 11 is 0. The maximum Gasteiger partial charge on any atom is 0.407 e. The molecule has 34 heavy (non-hydrogen) atoms. The first-order chi connectivity index (χ1) is 16.3. The van der Waals surface area contributed by atoms with Crippen LogP contribution in [0.2, 0.25) is 0 Å². The van der Waals surface area contributed by atoms with Gasteiger partial charge in [0, 0.05) is 11.6 Å². The van der Waals surface area contributed by atoms with Crippen molar-refractivity contribution in [3.8, 4) is 11.1 Å². The van der Waals surface area contributed by atoms with Crippen LogP contribution in [0.25, 0.3) is 11.1 Å². The van der Waals surface area contributed by atoms with Gasteiger partial charge in [-0.25, -0.2) is 9.59 Å². The summed E-state index contributed by atoms with van der Waals surface area (Å²) in [5, 5.41) is 14.4. The lowest BCUT2D eigenvalue weighted by Gasteiger charge is -2.22. The fraction of sp³-hybridized carbons (Fsp3) is 0.222. The predicted octanol–water partition coefficient (Wildman–Crippen LogP) is 4.89. The van der Waals surface area contributed by atoms with E-state index in [0.717, 1.165) is 22.3 Å². The van der Waals surface area contributed by atoms with E-state index >= 15 is 0 Å². The van der Waals surface area contributed by atoms with Gasteiger partial charge in [-0.3, -0.25) is 4.79 Å². The van der Waals surface area contributed by atoms with Gasteiger partial charge in [0.2, 0.25) is 5.91 Å². The van der Waals surface area contributed by atoms with E-state index in [2.05, 4.69) is 22.8 Å². The number of alkyl carbamates (subject to hydrolysis) is 1. The Labute approximate surface area is 197 Å². The molecule has 2 amide bonds. The van der Waals surface area contributed by atoms with E-state index in [1.165, 1.54) is 24.3 Å². The molecule has 3 N–H and O–H groups in total. The summed E-state index contributed by atoms with van der Waals surface area (Å²) < 4.78 is 5.57. The molecule has 1 unspecified atom stereocenters. The maximum atomic E-state index is 12.8. The Kier molecular flexibility index (Phi) is 6.63. The first kappa shape index (κ1) is 23.0. The van der Waals surface area contributed by atoms with Crippen molar-refractivity contribution in [1.82, 2.24) is 5.32 Å². The average molecular weight is 459 g/mol. The third-order valence-electron chi connectivity index (χ3n) is 5.97. The van der Waals surface area contributed by atoms with Gasteiger partial charge in [-0.1, -0.05) is 62.4 Å². The van der Waals surface area contributed by atoms with Crippen molar-refractivity contribution in [3.63, 3.8) is 0 Å². The van der Waals surface area contributed by atoms with Gasteiger partial charge in [-0.2, -0.15) is 0 Å². The van der Waals surface area contributed by atoms with Gasteiger partial charge in [-0.15, -0.1) is 0 Å². The topological polar surface area (TPSA) is 105 Å². The first-order valence-corrected chi connectivity index (χ1v) is 11.1. The van der Waals surface area contributed by atoms with Crippen LogP contribution >= 0.6 is 0 Å². The molecule has 0 spiro atoms. The van der Waals surface area contributed by atoms with E-state index in [1.807, 2.05) is 50.2 Å². The number of carbonyl (C=O) groups is 3. The summed E-state index contributed by atoms with van der Waals surface area (Å²) in [4.78, 5) is 36.4. The van der Waals surface area contributed by atoms with E-state index < -0.39 is 24.0 Å². The van der Waals surface area contributed by atoms with Crippen molar-refractivity contribution in [1.29, 1.82) is 0 Å². The van der Waals surface area contributed by atoms with E-state index in [0.29, 0.717) is 5.69 Å². The fourth-order valence-corrected chi connectivity index (χ4v) is 4.22. The van der Waals surface area contributed by atoms with Gasteiger partial charge >= 0.3 is 12.1 Å². The zero-order valence-electron chi connectivity index (χ0n) is 18.9. The van der Waals surface area contributed by atoms with Crippen LogP contribution in [0.15, 0.2) is 72.8 Å². The van der Waals surface area contributed by atoms with Gasteiger partial charge < -0.3 is 20.5 Å². The first-order valence-electron chi connectivity index (χ1n) is 11.1. The molecule has 0 aliphatic heterocycles. The van der Waals surface area contributed by atoms with Gasteiger partial charge in [0.05, 0.1) is 5.56 Å². The summed E-state index contributed by atoms with van der Waals surface area (Å²) in [6.07, 6.45) is -0.670. The Bertz CT molecular complexity index is 1170. The number of ether oxygens (including phenoxy) is 1. The predicted molar refractivity (Wildman–Crippen MR) is 129 cm³/mol. The number of hydrogen-bond donors (Lipinski definition) is 3. The maximum absolute atomic E-state index is 12.8. The number of amides is 2. The fourth-order valence-electron chi connectivity index (χ4n) is 4.22. The van der Waals surface area contributed by atoms with Gasteiger partial charge in [0.15, 0.2) is 0 Å². The number of carbonyl (C=O) groups excluding carboxylic acids is 2. The SMILES string of the molecule is CC(C)C(NC(=O)OCC1c2ccccc2-c2ccccc21)C(=O)Nc1ccc(C(=O)O)cc1. The van der Waals surface area contributed by atoms with Crippen molar-refractivity contribution in [2.24, 2.45) is 5.92 Å². The molecule has 1 aliphatic carbocycles. The molecule has 0 saturated heterocycles. The zero-order chi connectivity index (χ0) is 24.2. The summed E-state index contributed by atoms with van der Waals surface area (Å²) in [6, 6.07) is 21.1. The molecule has 1 atom stereocenters. The lowest BCUT2D eigenvalue weighted by Crippen LogP contribution is -2.47. The van der Waals surface area contributed by atoms with Crippen LogP contribution in [0, 0.1) is 5.92 Å². The molecule has 7 nitrogen and oxygen atoms in total. The zero-order valence-corrected chi connectivity index (χ0v) is 18.9. The second kappa shape index (κ2) is 9.79. The molecule has 4 rings (SSSR count). The van der Waals surface area contributed by atoms with Crippen LogP contribution in [-0.4, -0.2) is 35.7 Å². The van der Waals surface area contributed by atoms with Crippen LogP contribution in [0.1, 0.15) is 41.3 Å². The smallest absolute Gasteiger partial charge is 0.407 e. The van der Waals surface area contributed by atoms with Crippen LogP contribution in [-0.2, 0) is 9.53 Å². The molecule has 0 radical (unpaired) electrons. The standard InChI is InChI=1S/C27H26N2O5/c1-16(2)24(25(30)28-18-13-11-17(12-14-18)26(31)32)29-27(33)34-15-23-21-9-5-3-7-19(21)20-8-4-6-10-22(20)23/h3-14,16,23-24H,15H2,1-2H3,(H,28,30)(H,29,33)(H,31,32). The molecule has 174 valence electrons. The second-order valence-corrected chi connectivity index (χ2v) is 8.56. The molecule has 0 heterocycles. The van der Waals surface area contributed by atoms with Crippen molar-refractivity contribution in [2.75, 3.05) is 11.9 Å². The number of carboxylic acids is 1. The van der Waals surface area contributed by atoms with Crippen molar-refractivity contribution < 1.29 is 24.2 Å². The Morgan fingerprint density at radius 1 is 0.882 bits per heavy atom. The number of aromatic carboxylic acids is 1.